The Balaban J connectivity index is 1.34. The van der Waals surface area contributed by atoms with Crippen molar-refractivity contribution in [2.75, 3.05) is 31.2 Å². The van der Waals surface area contributed by atoms with Gasteiger partial charge in [-0.25, -0.2) is 9.97 Å². The number of likely N-dealkylation sites (tertiary alicyclic amines) is 1. The summed E-state index contributed by atoms with van der Waals surface area (Å²) in [6.07, 6.45) is 4.34. The van der Waals surface area contributed by atoms with E-state index in [1.807, 2.05) is 42.5 Å². The van der Waals surface area contributed by atoms with E-state index in [4.69, 9.17) is 22.1 Å². The second-order valence-electron chi connectivity index (χ2n) is 8.58. The van der Waals surface area contributed by atoms with Crippen LogP contribution in [-0.4, -0.2) is 40.0 Å². The summed E-state index contributed by atoms with van der Waals surface area (Å²) < 4.78 is 5.81. The lowest BCUT2D eigenvalue weighted by Crippen LogP contribution is -2.13. The molecular weight excluding hydrogens is 460 g/mol. The number of nitrogen functional groups attached to an aromatic ring is 1. The van der Waals surface area contributed by atoms with Crippen molar-refractivity contribution in [3.05, 3.63) is 77.3 Å². The van der Waals surface area contributed by atoms with E-state index in [0.29, 0.717) is 34.8 Å². The first-order chi connectivity index (χ1) is 17.0. The van der Waals surface area contributed by atoms with Crippen molar-refractivity contribution in [2.45, 2.75) is 13.0 Å². The Hall–Kier alpha value is -3.86. The fraction of sp³-hybridized carbons (Fsp3) is 0.222. The molecule has 1 atom stereocenters. The van der Waals surface area contributed by atoms with Gasteiger partial charge in [-0.3, -0.25) is 4.98 Å². The molecule has 5 rings (SSSR count). The first-order valence-electron chi connectivity index (χ1n) is 11.4. The van der Waals surface area contributed by atoms with Crippen LogP contribution in [0.3, 0.4) is 0 Å². The molecule has 0 aliphatic carbocycles. The highest BCUT2D eigenvalue weighted by Crippen LogP contribution is 2.32. The predicted molar refractivity (Wildman–Crippen MR) is 140 cm³/mol. The van der Waals surface area contributed by atoms with Crippen LogP contribution in [0.1, 0.15) is 17.7 Å². The molecular formula is C27H25ClN6O. The number of benzene rings is 2. The van der Waals surface area contributed by atoms with Gasteiger partial charge in [-0.1, -0.05) is 29.5 Å². The van der Waals surface area contributed by atoms with E-state index in [1.165, 1.54) is 6.33 Å². The number of aromatic nitrogens is 3. The van der Waals surface area contributed by atoms with E-state index >= 15 is 0 Å². The molecule has 0 radical (unpaired) electrons. The van der Waals surface area contributed by atoms with Crippen molar-refractivity contribution in [3.8, 4) is 17.6 Å². The molecule has 1 aliphatic rings. The van der Waals surface area contributed by atoms with Crippen molar-refractivity contribution in [1.82, 2.24) is 19.9 Å². The smallest absolute Gasteiger partial charge is 0.141 e. The molecule has 0 saturated carbocycles. The summed E-state index contributed by atoms with van der Waals surface area (Å²) in [4.78, 5) is 15.4. The van der Waals surface area contributed by atoms with Crippen LogP contribution in [0.4, 0.5) is 17.2 Å². The van der Waals surface area contributed by atoms with Gasteiger partial charge in [0.1, 0.15) is 24.5 Å². The van der Waals surface area contributed by atoms with Crippen LogP contribution < -0.4 is 15.8 Å². The molecule has 3 N–H and O–H groups in total. The van der Waals surface area contributed by atoms with Crippen LogP contribution in [0.5, 0.6) is 5.75 Å². The Morgan fingerprint density at radius 2 is 2.09 bits per heavy atom. The first-order valence-corrected chi connectivity index (χ1v) is 11.8. The summed E-state index contributed by atoms with van der Waals surface area (Å²) in [6, 6.07) is 15.0. The monoisotopic (exact) mass is 484 g/mol. The summed E-state index contributed by atoms with van der Waals surface area (Å²) in [5, 5.41) is 4.61. The van der Waals surface area contributed by atoms with E-state index in [0.717, 1.165) is 47.4 Å². The van der Waals surface area contributed by atoms with Crippen LogP contribution >= 0.6 is 11.6 Å². The maximum absolute atomic E-state index is 6.47. The molecule has 2 aromatic heterocycles. The number of ether oxygens (including phenoxy) is 1. The second-order valence-corrected chi connectivity index (χ2v) is 8.98. The molecule has 0 bridgehead atoms. The molecule has 1 aliphatic heterocycles. The molecule has 3 heterocycles. The fourth-order valence-electron chi connectivity index (χ4n) is 4.03. The standard InChI is InChI=1S/C27H25ClN6O/c1-34-11-9-18(15-34)5-6-19-12-25-22(14-24(19)29)27(32-17-31-25)33-20-7-8-26(23(28)13-20)35-16-21-4-2-3-10-30-21/h2-4,7-8,10,12-14,17-18H,9,11,15-16,29H2,1H3,(H,31,32,33). The quantitative estimate of drug-likeness (QED) is 0.308. The number of nitrogens with two attached hydrogens (primary N) is 1. The van der Waals surface area contributed by atoms with Gasteiger partial charge in [0.05, 0.1) is 16.2 Å². The Morgan fingerprint density at radius 1 is 1.17 bits per heavy atom. The van der Waals surface area contributed by atoms with Crippen LogP contribution in [0, 0.1) is 17.8 Å². The SMILES string of the molecule is CN1CCC(C#Cc2cc3ncnc(Nc4ccc(OCc5ccccn5)c(Cl)c4)c3cc2N)C1. The van der Waals surface area contributed by atoms with Gasteiger partial charge < -0.3 is 20.7 Å². The number of fused-ring (bicyclic) bond motifs is 1. The van der Waals surface area contributed by atoms with Crippen molar-refractivity contribution >= 4 is 39.7 Å². The maximum atomic E-state index is 6.47. The third-order valence-electron chi connectivity index (χ3n) is 5.91. The molecule has 1 fully saturated rings. The Labute approximate surface area is 209 Å². The zero-order valence-electron chi connectivity index (χ0n) is 19.3. The summed E-state index contributed by atoms with van der Waals surface area (Å²) in [5.41, 5.74) is 10.1. The number of halogens is 1. The van der Waals surface area contributed by atoms with Gasteiger partial charge in [-0.2, -0.15) is 0 Å². The highest BCUT2D eigenvalue weighted by atomic mass is 35.5. The summed E-state index contributed by atoms with van der Waals surface area (Å²) in [5.74, 6) is 8.20. The van der Waals surface area contributed by atoms with Crippen LogP contribution in [0.25, 0.3) is 10.9 Å². The number of pyridine rings is 1. The van der Waals surface area contributed by atoms with Gasteiger partial charge in [0.15, 0.2) is 0 Å². The zero-order valence-corrected chi connectivity index (χ0v) is 20.1. The third kappa shape index (κ3) is 5.46. The van der Waals surface area contributed by atoms with E-state index in [2.05, 4.69) is 44.1 Å². The van der Waals surface area contributed by atoms with Crippen molar-refractivity contribution in [3.63, 3.8) is 0 Å². The maximum Gasteiger partial charge on any atom is 0.141 e. The highest BCUT2D eigenvalue weighted by Gasteiger charge is 2.17. The molecule has 0 spiro atoms. The lowest BCUT2D eigenvalue weighted by Gasteiger charge is -2.12. The van der Waals surface area contributed by atoms with Gasteiger partial charge in [0, 0.05) is 41.0 Å². The van der Waals surface area contributed by atoms with Gasteiger partial charge in [-0.15, -0.1) is 0 Å². The minimum Gasteiger partial charge on any atom is -0.486 e. The second kappa shape index (κ2) is 10.2. The molecule has 1 saturated heterocycles. The molecule has 176 valence electrons. The Morgan fingerprint density at radius 3 is 2.86 bits per heavy atom. The summed E-state index contributed by atoms with van der Waals surface area (Å²) in [7, 11) is 2.12. The zero-order chi connectivity index (χ0) is 24.2. The fourth-order valence-corrected chi connectivity index (χ4v) is 4.26. The molecule has 1 unspecified atom stereocenters. The number of anilines is 3. The van der Waals surface area contributed by atoms with Crippen LogP contribution in [-0.2, 0) is 6.61 Å². The predicted octanol–water partition coefficient (Wildman–Crippen LogP) is 4.89. The van der Waals surface area contributed by atoms with Crippen LogP contribution in [0.15, 0.2) is 61.1 Å². The van der Waals surface area contributed by atoms with Gasteiger partial charge in [0.25, 0.3) is 0 Å². The lowest BCUT2D eigenvalue weighted by atomic mass is 10.1. The van der Waals surface area contributed by atoms with Crippen molar-refractivity contribution < 1.29 is 4.74 Å². The van der Waals surface area contributed by atoms with Crippen molar-refractivity contribution in [1.29, 1.82) is 0 Å². The first kappa shape index (κ1) is 22.9. The van der Waals surface area contributed by atoms with Gasteiger partial charge in [-0.05, 0) is 62.5 Å². The molecule has 4 aromatic rings. The Bertz CT molecular complexity index is 1420. The largest absolute Gasteiger partial charge is 0.486 e. The van der Waals surface area contributed by atoms with E-state index in [9.17, 15) is 0 Å². The minimum absolute atomic E-state index is 0.339. The summed E-state index contributed by atoms with van der Waals surface area (Å²) in [6.45, 7) is 2.41. The number of nitrogens with zero attached hydrogens (tertiary/aromatic N) is 4. The van der Waals surface area contributed by atoms with Gasteiger partial charge in [0.2, 0.25) is 0 Å². The molecule has 0 amide bonds. The summed E-state index contributed by atoms with van der Waals surface area (Å²) >= 11 is 6.47. The molecule has 2 aromatic carbocycles. The minimum atomic E-state index is 0.339. The molecule has 35 heavy (non-hydrogen) atoms. The lowest BCUT2D eigenvalue weighted by molar-refractivity contribution is 0.301. The topological polar surface area (TPSA) is 89.2 Å². The average Bonchev–Trinajstić information content (AvgIpc) is 3.28. The third-order valence-corrected chi connectivity index (χ3v) is 6.20. The molecule has 7 nitrogen and oxygen atoms in total. The van der Waals surface area contributed by atoms with E-state index in [-0.39, 0.29) is 0 Å². The normalized spacial score (nSPS) is 15.5. The number of hydrogen-bond donors (Lipinski definition) is 2. The van der Waals surface area contributed by atoms with Crippen LogP contribution in [0.2, 0.25) is 5.02 Å². The highest BCUT2D eigenvalue weighted by molar-refractivity contribution is 6.32. The molecule has 8 heteroatoms. The number of rotatable bonds is 5. The van der Waals surface area contributed by atoms with E-state index < -0.39 is 0 Å². The van der Waals surface area contributed by atoms with Gasteiger partial charge >= 0.3 is 0 Å². The average molecular weight is 485 g/mol. The number of nitrogens with one attached hydrogen (secondary N) is 1. The van der Waals surface area contributed by atoms with E-state index in [1.54, 1.807) is 12.3 Å². The Kier molecular flexibility index (Phi) is 6.66. The van der Waals surface area contributed by atoms with Crippen molar-refractivity contribution in [2.24, 2.45) is 5.92 Å². The number of hydrogen-bond acceptors (Lipinski definition) is 7.